The van der Waals surface area contributed by atoms with Crippen LogP contribution in [-0.2, 0) is 0 Å². The van der Waals surface area contributed by atoms with Crippen LogP contribution in [-0.4, -0.2) is 0 Å². The number of unbranched alkanes of at least 4 members (excludes halogenated alkanes) is 10. The molecular weight excluding hydrogens is 208 g/mol. The molecule has 0 saturated heterocycles. The number of nitriles is 2. The number of rotatable bonds is 11. The van der Waals surface area contributed by atoms with Crippen molar-refractivity contribution < 1.29 is 0 Å². The molecule has 2 heteroatoms. The highest BCUT2D eigenvalue weighted by molar-refractivity contribution is 5.01. The second kappa shape index (κ2) is 14.7. The van der Waals surface area contributed by atoms with Gasteiger partial charge in [0, 0.05) is 12.5 Å². The molecule has 0 atom stereocenters. The van der Waals surface area contributed by atoms with Gasteiger partial charge in [-0.15, -0.1) is 0 Å². The van der Waals surface area contributed by atoms with Crippen molar-refractivity contribution >= 4 is 0 Å². The fraction of sp³-hybridized carbons (Fsp3) is 0.733. The first-order valence-corrected chi connectivity index (χ1v) is 6.83. The van der Waals surface area contributed by atoms with Crippen LogP contribution in [0.25, 0.3) is 0 Å². The topological polar surface area (TPSA) is 47.6 Å². The molecule has 0 unspecified atom stereocenters. The predicted octanol–water partition coefficient (Wildman–Crippen LogP) is 4.88. The molecule has 0 saturated carbocycles. The predicted molar refractivity (Wildman–Crippen MR) is 71.2 cm³/mol. The van der Waals surface area contributed by atoms with Gasteiger partial charge in [0.25, 0.3) is 0 Å². The molecule has 0 aliphatic rings. The van der Waals surface area contributed by atoms with Gasteiger partial charge in [-0.25, -0.2) is 0 Å². The Morgan fingerprint density at radius 1 is 0.706 bits per heavy atom. The van der Waals surface area contributed by atoms with Gasteiger partial charge in [-0.2, -0.15) is 10.5 Å². The van der Waals surface area contributed by atoms with Crippen molar-refractivity contribution in [1.82, 2.24) is 0 Å². The highest BCUT2D eigenvalue weighted by Gasteiger charge is 1.92. The quantitative estimate of drug-likeness (QED) is 0.376. The zero-order valence-electron chi connectivity index (χ0n) is 10.8. The highest BCUT2D eigenvalue weighted by Crippen LogP contribution is 2.11. The Labute approximate surface area is 106 Å². The third kappa shape index (κ3) is 14.7. The molecule has 0 aromatic carbocycles. The minimum Gasteiger partial charge on any atom is -0.198 e. The Morgan fingerprint density at radius 3 is 1.76 bits per heavy atom. The normalized spacial score (nSPS) is 10.2. The minimum atomic E-state index is 0.718. The second-order valence-electron chi connectivity index (χ2n) is 4.41. The third-order valence-corrected chi connectivity index (χ3v) is 2.85. The maximum Gasteiger partial charge on any atom is 0.0908 e. The van der Waals surface area contributed by atoms with Crippen LogP contribution in [0.1, 0.15) is 70.6 Å². The fourth-order valence-corrected chi connectivity index (χ4v) is 1.84. The number of hydrogen-bond acceptors (Lipinski definition) is 2. The molecule has 0 spiro atoms. The molecule has 17 heavy (non-hydrogen) atoms. The van der Waals surface area contributed by atoms with Crippen LogP contribution in [0, 0.1) is 22.7 Å². The van der Waals surface area contributed by atoms with Crippen LogP contribution in [0.3, 0.4) is 0 Å². The lowest BCUT2D eigenvalue weighted by molar-refractivity contribution is 0.562. The maximum absolute atomic E-state index is 8.37. The van der Waals surface area contributed by atoms with E-state index in [-0.39, 0.29) is 0 Å². The van der Waals surface area contributed by atoms with E-state index in [4.69, 9.17) is 10.5 Å². The van der Waals surface area contributed by atoms with Crippen molar-refractivity contribution in [3.05, 3.63) is 12.2 Å². The van der Waals surface area contributed by atoms with Crippen molar-refractivity contribution in [2.75, 3.05) is 0 Å². The average Bonchev–Trinajstić information content (AvgIpc) is 2.35. The summed E-state index contributed by atoms with van der Waals surface area (Å²) in [6.07, 6.45) is 16.7. The summed E-state index contributed by atoms with van der Waals surface area (Å²) >= 11 is 0. The summed E-state index contributed by atoms with van der Waals surface area (Å²) < 4.78 is 0. The van der Waals surface area contributed by atoms with Gasteiger partial charge < -0.3 is 0 Å². The van der Waals surface area contributed by atoms with Crippen molar-refractivity contribution in [1.29, 1.82) is 10.5 Å². The van der Waals surface area contributed by atoms with Gasteiger partial charge in [0.15, 0.2) is 0 Å². The maximum atomic E-state index is 8.37. The molecular formula is C15H24N2. The molecule has 0 rings (SSSR count). The number of nitrogens with zero attached hydrogens (tertiary/aromatic N) is 2. The minimum absolute atomic E-state index is 0.718. The summed E-state index contributed by atoms with van der Waals surface area (Å²) in [6.45, 7) is 0. The summed E-state index contributed by atoms with van der Waals surface area (Å²) in [5, 5.41) is 16.7. The van der Waals surface area contributed by atoms with E-state index in [0.29, 0.717) is 0 Å². The van der Waals surface area contributed by atoms with Crippen molar-refractivity contribution in [2.24, 2.45) is 0 Å². The first-order valence-electron chi connectivity index (χ1n) is 6.83. The van der Waals surface area contributed by atoms with E-state index in [2.05, 4.69) is 6.07 Å². The summed E-state index contributed by atoms with van der Waals surface area (Å²) in [7, 11) is 0. The fourth-order valence-electron chi connectivity index (χ4n) is 1.84. The SMILES string of the molecule is N#CC=CCCCCCCCCCCCC#N. The zero-order valence-corrected chi connectivity index (χ0v) is 10.8. The lowest BCUT2D eigenvalue weighted by atomic mass is 10.1. The van der Waals surface area contributed by atoms with Crippen LogP contribution >= 0.6 is 0 Å². The van der Waals surface area contributed by atoms with Gasteiger partial charge in [0.1, 0.15) is 0 Å². The smallest absolute Gasteiger partial charge is 0.0908 e. The van der Waals surface area contributed by atoms with Crippen LogP contribution < -0.4 is 0 Å². The van der Waals surface area contributed by atoms with E-state index in [1.165, 1.54) is 51.4 Å². The van der Waals surface area contributed by atoms with E-state index < -0.39 is 0 Å². The Bertz CT molecular complexity index is 255. The molecule has 0 bridgehead atoms. The molecule has 0 aliphatic carbocycles. The van der Waals surface area contributed by atoms with Gasteiger partial charge in [-0.3, -0.25) is 0 Å². The van der Waals surface area contributed by atoms with Crippen LogP contribution in [0.4, 0.5) is 0 Å². The molecule has 0 aromatic rings. The van der Waals surface area contributed by atoms with Gasteiger partial charge in [-0.1, -0.05) is 51.0 Å². The van der Waals surface area contributed by atoms with Gasteiger partial charge in [0.05, 0.1) is 12.1 Å². The molecule has 94 valence electrons. The lowest BCUT2D eigenvalue weighted by Gasteiger charge is -2.00. The first-order chi connectivity index (χ1) is 8.41. The Balaban J connectivity index is 2.97. The first kappa shape index (κ1) is 15.7. The third-order valence-electron chi connectivity index (χ3n) is 2.85. The highest BCUT2D eigenvalue weighted by atomic mass is 14.2. The molecule has 0 amide bonds. The second-order valence-corrected chi connectivity index (χ2v) is 4.41. The summed E-state index contributed by atoms with van der Waals surface area (Å²) in [6, 6.07) is 4.19. The zero-order chi connectivity index (χ0) is 12.6. The van der Waals surface area contributed by atoms with Gasteiger partial charge >= 0.3 is 0 Å². The molecule has 0 fully saturated rings. The molecule has 0 heterocycles. The summed E-state index contributed by atoms with van der Waals surface area (Å²) in [5.41, 5.74) is 0. The van der Waals surface area contributed by atoms with E-state index in [0.717, 1.165) is 19.3 Å². The molecule has 0 N–H and O–H groups in total. The van der Waals surface area contributed by atoms with Crippen LogP contribution in [0.5, 0.6) is 0 Å². The lowest BCUT2D eigenvalue weighted by Crippen LogP contribution is -1.81. The van der Waals surface area contributed by atoms with Crippen molar-refractivity contribution in [3.8, 4) is 12.1 Å². The van der Waals surface area contributed by atoms with E-state index >= 15 is 0 Å². The summed E-state index contributed by atoms with van der Waals surface area (Å²) in [5.74, 6) is 0. The Kier molecular flexibility index (Phi) is 13.6. The van der Waals surface area contributed by atoms with Gasteiger partial charge in [-0.05, 0) is 19.3 Å². The molecule has 0 radical (unpaired) electrons. The monoisotopic (exact) mass is 232 g/mol. The van der Waals surface area contributed by atoms with Crippen molar-refractivity contribution in [2.45, 2.75) is 70.6 Å². The van der Waals surface area contributed by atoms with Crippen LogP contribution in [0.15, 0.2) is 12.2 Å². The average molecular weight is 232 g/mol. The van der Waals surface area contributed by atoms with E-state index in [1.807, 2.05) is 12.1 Å². The standard InChI is InChI=1S/C15H24N2/c16-14-12-10-8-6-4-2-1-3-5-7-9-11-13-15-17/h10,12H,1-9,11,13H2. The van der Waals surface area contributed by atoms with E-state index in [9.17, 15) is 0 Å². The Morgan fingerprint density at radius 2 is 1.24 bits per heavy atom. The van der Waals surface area contributed by atoms with Gasteiger partial charge in [0.2, 0.25) is 0 Å². The largest absolute Gasteiger partial charge is 0.198 e. The Hall–Kier alpha value is -1.28. The van der Waals surface area contributed by atoms with Crippen molar-refractivity contribution in [3.63, 3.8) is 0 Å². The van der Waals surface area contributed by atoms with Crippen LogP contribution in [0.2, 0.25) is 0 Å². The van der Waals surface area contributed by atoms with E-state index in [1.54, 1.807) is 6.08 Å². The number of hydrogen-bond donors (Lipinski definition) is 0. The molecule has 0 aliphatic heterocycles. The molecule has 0 aromatic heterocycles. The molecule has 2 nitrogen and oxygen atoms in total. The summed E-state index contributed by atoms with van der Waals surface area (Å²) in [4.78, 5) is 0. The number of allylic oxidation sites excluding steroid dienone is 2.